The van der Waals surface area contributed by atoms with Crippen molar-refractivity contribution in [1.29, 1.82) is 0 Å². The summed E-state index contributed by atoms with van der Waals surface area (Å²) in [5.41, 5.74) is 4.56. The van der Waals surface area contributed by atoms with E-state index >= 15 is 0 Å². The van der Waals surface area contributed by atoms with Gasteiger partial charge in [0, 0.05) is 16.8 Å². The summed E-state index contributed by atoms with van der Waals surface area (Å²) in [6.07, 6.45) is 2.49. The fourth-order valence-electron chi connectivity index (χ4n) is 3.23. The third kappa shape index (κ3) is 1.90. The summed E-state index contributed by atoms with van der Waals surface area (Å²) in [5, 5.41) is 5.74. The molecule has 2 aromatic rings. The average molecular weight is 257 g/mol. The van der Waals surface area contributed by atoms with Gasteiger partial charge < -0.3 is 5.32 Å². The molecule has 1 aliphatic rings. The fourth-order valence-corrected chi connectivity index (χ4v) is 3.98. The van der Waals surface area contributed by atoms with Gasteiger partial charge in [-0.05, 0) is 54.9 Å². The minimum absolute atomic E-state index is 0.458. The normalized spacial score (nSPS) is 19.8. The van der Waals surface area contributed by atoms with Gasteiger partial charge in [0.15, 0.2) is 0 Å². The van der Waals surface area contributed by atoms with Crippen molar-refractivity contribution in [2.75, 3.05) is 7.05 Å². The van der Waals surface area contributed by atoms with Crippen LogP contribution in [0.1, 0.15) is 39.9 Å². The summed E-state index contributed by atoms with van der Waals surface area (Å²) >= 11 is 1.85. The Morgan fingerprint density at radius 2 is 2.11 bits per heavy atom. The van der Waals surface area contributed by atoms with E-state index in [2.05, 4.69) is 55.0 Å². The molecule has 94 valence electrons. The van der Waals surface area contributed by atoms with Crippen molar-refractivity contribution in [3.05, 3.63) is 57.3 Å². The van der Waals surface area contributed by atoms with Crippen molar-refractivity contribution < 1.29 is 0 Å². The largest absolute Gasteiger partial charge is 0.312 e. The maximum atomic E-state index is 3.53. The third-order valence-electron chi connectivity index (χ3n) is 4.13. The van der Waals surface area contributed by atoms with E-state index in [1.165, 1.54) is 28.8 Å². The monoisotopic (exact) mass is 257 g/mol. The highest BCUT2D eigenvalue weighted by Crippen LogP contribution is 2.42. The number of fused-ring (bicyclic) bond motifs is 1. The lowest BCUT2D eigenvalue weighted by Crippen LogP contribution is -2.22. The molecule has 3 rings (SSSR count). The van der Waals surface area contributed by atoms with Gasteiger partial charge in [0.2, 0.25) is 0 Å². The molecule has 0 fully saturated rings. The van der Waals surface area contributed by atoms with Crippen LogP contribution in [0.25, 0.3) is 0 Å². The van der Waals surface area contributed by atoms with Gasteiger partial charge in [0.1, 0.15) is 0 Å². The summed E-state index contributed by atoms with van der Waals surface area (Å²) in [5.74, 6) is 0.625. The van der Waals surface area contributed by atoms with Crippen molar-refractivity contribution in [3.63, 3.8) is 0 Å². The van der Waals surface area contributed by atoms with Gasteiger partial charge in [-0.25, -0.2) is 0 Å². The SMILES string of the molecule is CNC(c1ccsc1C)C1CCc2ccccc21. The molecule has 18 heavy (non-hydrogen) atoms. The van der Waals surface area contributed by atoms with Gasteiger partial charge in [-0.2, -0.15) is 0 Å². The van der Waals surface area contributed by atoms with Crippen molar-refractivity contribution >= 4 is 11.3 Å². The molecule has 2 unspecified atom stereocenters. The van der Waals surface area contributed by atoms with Crippen molar-refractivity contribution in [2.45, 2.75) is 31.7 Å². The molecule has 1 aromatic carbocycles. The van der Waals surface area contributed by atoms with Crippen molar-refractivity contribution in [3.8, 4) is 0 Å². The number of rotatable bonds is 3. The molecule has 1 heterocycles. The first-order valence-electron chi connectivity index (χ1n) is 6.60. The van der Waals surface area contributed by atoms with Crippen LogP contribution in [-0.4, -0.2) is 7.05 Å². The Hall–Kier alpha value is -1.12. The molecule has 0 spiro atoms. The molecule has 2 atom stereocenters. The standard InChI is InChI=1S/C16H19NS/c1-11-13(9-10-18-11)16(17-2)15-8-7-12-5-3-4-6-14(12)15/h3-6,9-10,15-17H,7-8H2,1-2H3. The second kappa shape index (κ2) is 4.87. The Labute approximate surface area is 113 Å². The van der Waals surface area contributed by atoms with Crippen LogP contribution in [0.3, 0.4) is 0 Å². The van der Waals surface area contributed by atoms with Gasteiger partial charge in [0.25, 0.3) is 0 Å². The van der Waals surface area contributed by atoms with Gasteiger partial charge >= 0.3 is 0 Å². The Bertz CT molecular complexity index is 544. The molecule has 0 bridgehead atoms. The predicted molar refractivity (Wildman–Crippen MR) is 78.4 cm³/mol. The summed E-state index contributed by atoms with van der Waals surface area (Å²) in [6.45, 7) is 2.23. The van der Waals surface area contributed by atoms with Crippen LogP contribution in [0, 0.1) is 6.92 Å². The second-order valence-electron chi connectivity index (χ2n) is 5.04. The molecule has 1 aromatic heterocycles. The zero-order chi connectivity index (χ0) is 12.5. The highest BCUT2D eigenvalue weighted by Gasteiger charge is 2.30. The van der Waals surface area contributed by atoms with Crippen LogP contribution in [0.15, 0.2) is 35.7 Å². The number of likely N-dealkylation sites (N-methyl/N-ethyl adjacent to an activating group) is 1. The Morgan fingerprint density at radius 1 is 1.28 bits per heavy atom. The smallest absolute Gasteiger partial charge is 0.0398 e. The van der Waals surface area contributed by atoms with E-state index in [0.717, 1.165) is 0 Å². The van der Waals surface area contributed by atoms with Crippen LogP contribution in [0.4, 0.5) is 0 Å². The van der Waals surface area contributed by atoms with Gasteiger partial charge in [-0.1, -0.05) is 24.3 Å². The number of benzene rings is 1. The number of hydrogen-bond acceptors (Lipinski definition) is 2. The highest BCUT2D eigenvalue weighted by atomic mass is 32.1. The van der Waals surface area contributed by atoms with Crippen LogP contribution in [-0.2, 0) is 6.42 Å². The number of nitrogens with one attached hydrogen (secondary N) is 1. The van der Waals surface area contributed by atoms with E-state index in [4.69, 9.17) is 0 Å². The van der Waals surface area contributed by atoms with Crippen molar-refractivity contribution in [2.24, 2.45) is 0 Å². The number of hydrogen-bond donors (Lipinski definition) is 1. The van der Waals surface area contributed by atoms with E-state index in [0.29, 0.717) is 12.0 Å². The number of thiophene rings is 1. The minimum atomic E-state index is 0.458. The highest BCUT2D eigenvalue weighted by molar-refractivity contribution is 7.10. The molecule has 0 amide bonds. The predicted octanol–water partition coefficient (Wildman–Crippen LogP) is 4.05. The lowest BCUT2D eigenvalue weighted by atomic mass is 9.88. The zero-order valence-electron chi connectivity index (χ0n) is 10.9. The molecule has 0 saturated heterocycles. The molecule has 1 N–H and O–H groups in total. The first-order chi connectivity index (χ1) is 8.81. The molecule has 1 nitrogen and oxygen atoms in total. The minimum Gasteiger partial charge on any atom is -0.312 e. The fraction of sp³-hybridized carbons (Fsp3) is 0.375. The summed E-state index contributed by atoms with van der Waals surface area (Å²) < 4.78 is 0. The van der Waals surface area contributed by atoms with E-state index in [-0.39, 0.29) is 0 Å². The van der Waals surface area contributed by atoms with Crippen LogP contribution in [0.5, 0.6) is 0 Å². The van der Waals surface area contributed by atoms with Crippen LogP contribution in [0.2, 0.25) is 0 Å². The quantitative estimate of drug-likeness (QED) is 0.875. The topological polar surface area (TPSA) is 12.0 Å². The van der Waals surface area contributed by atoms with Crippen LogP contribution >= 0.6 is 11.3 Å². The Morgan fingerprint density at radius 3 is 2.83 bits per heavy atom. The lowest BCUT2D eigenvalue weighted by Gasteiger charge is -2.24. The maximum absolute atomic E-state index is 3.53. The van der Waals surface area contributed by atoms with Gasteiger partial charge in [0.05, 0.1) is 0 Å². The first kappa shape index (κ1) is 11.9. The van der Waals surface area contributed by atoms with Crippen molar-refractivity contribution in [1.82, 2.24) is 5.32 Å². The first-order valence-corrected chi connectivity index (χ1v) is 7.48. The molecule has 2 heteroatoms. The van der Waals surface area contributed by atoms with E-state index in [9.17, 15) is 0 Å². The molecule has 0 aliphatic heterocycles. The van der Waals surface area contributed by atoms with E-state index in [1.807, 2.05) is 11.3 Å². The maximum Gasteiger partial charge on any atom is 0.0398 e. The molecular formula is C16H19NS. The third-order valence-corrected chi connectivity index (χ3v) is 4.99. The summed E-state index contributed by atoms with van der Waals surface area (Å²) in [4.78, 5) is 1.44. The van der Waals surface area contributed by atoms with E-state index < -0.39 is 0 Å². The average Bonchev–Trinajstić information content (AvgIpc) is 2.99. The summed E-state index contributed by atoms with van der Waals surface area (Å²) in [6, 6.07) is 11.7. The zero-order valence-corrected chi connectivity index (χ0v) is 11.8. The van der Waals surface area contributed by atoms with Gasteiger partial charge in [-0.15, -0.1) is 11.3 Å². The van der Waals surface area contributed by atoms with Crippen LogP contribution < -0.4 is 5.32 Å². The molecule has 0 saturated carbocycles. The molecular weight excluding hydrogens is 238 g/mol. The summed E-state index contributed by atoms with van der Waals surface area (Å²) in [7, 11) is 2.09. The Kier molecular flexibility index (Phi) is 3.23. The second-order valence-corrected chi connectivity index (χ2v) is 6.16. The van der Waals surface area contributed by atoms with Gasteiger partial charge in [-0.3, -0.25) is 0 Å². The Balaban J connectivity index is 1.98. The lowest BCUT2D eigenvalue weighted by molar-refractivity contribution is 0.476. The molecule has 0 radical (unpaired) electrons. The number of aryl methyl sites for hydroxylation is 2. The van der Waals surface area contributed by atoms with E-state index in [1.54, 1.807) is 5.56 Å². The molecule has 1 aliphatic carbocycles.